The number of nitrogens with two attached hydrogens (primary N) is 1. The first kappa shape index (κ1) is 89.3. The molecule has 0 saturated heterocycles. The van der Waals surface area contributed by atoms with Crippen LogP contribution in [0.5, 0.6) is 5.88 Å². The fourth-order valence-corrected chi connectivity index (χ4v) is 15.0. The number of rotatable bonds is 33. The van der Waals surface area contributed by atoms with E-state index in [0.29, 0.717) is 89.5 Å². The molecular weight excluding hydrogens is 1530 g/mol. The highest BCUT2D eigenvalue weighted by molar-refractivity contribution is 5.99. The molecule has 8 aromatic carbocycles. The van der Waals surface area contributed by atoms with Crippen LogP contribution in [0.15, 0.2) is 243 Å². The van der Waals surface area contributed by atoms with Gasteiger partial charge < -0.3 is 30.1 Å². The SMILES string of the molecule is CCC1(N(C)c2ccc(-c3ccc(C(=O)CCc4ccc(N)nc4)cc3)cc2)CC1.CCC1(N(C)c2ccc(-c3ccc(C(=O)CCc4ccc(OC)nc4)cc3)cc2)CC1.CCCN(C)c1ccc(-c2ccc(C(=O)CCc3ccc(F)nc3C)cc2)cc1F.CCCN(C)c1ccc(-c2ccc(C(=O)CCc3ccc(F)nc3F)cc2)cc1F. The van der Waals surface area contributed by atoms with Crippen LogP contribution in [0.4, 0.5) is 50.5 Å². The second-order valence-electron chi connectivity index (χ2n) is 31.3. The summed E-state index contributed by atoms with van der Waals surface area (Å²) in [5, 5.41) is 0. The number of benzene rings is 8. The molecule has 0 atom stereocenters. The topological polar surface area (TPSA) is 168 Å². The molecule has 121 heavy (non-hydrogen) atoms. The van der Waals surface area contributed by atoms with Gasteiger partial charge in [-0.05, 0) is 218 Å². The van der Waals surface area contributed by atoms with Crippen LogP contribution in [0.3, 0.4) is 0 Å². The van der Waals surface area contributed by atoms with Gasteiger partial charge >= 0.3 is 0 Å². The number of anilines is 5. The molecule has 2 saturated carbocycles. The predicted octanol–water partition coefficient (Wildman–Crippen LogP) is 23.3. The van der Waals surface area contributed by atoms with Crippen LogP contribution in [0.1, 0.15) is 174 Å². The van der Waals surface area contributed by atoms with Crippen molar-refractivity contribution in [2.75, 3.05) is 73.7 Å². The van der Waals surface area contributed by atoms with Gasteiger partial charge in [0.15, 0.2) is 23.1 Å². The van der Waals surface area contributed by atoms with Crippen LogP contribution in [0, 0.1) is 36.4 Å². The number of ether oxygens (including phenoxy) is 1. The molecular formula is C102H108F5N9O5. The van der Waals surface area contributed by atoms with E-state index in [-0.39, 0.29) is 53.2 Å². The highest BCUT2D eigenvalue weighted by atomic mass is 19.1. The number of nitrogen functional groups attached to an aromatic ring is 1. The first-order chi connectivity index (χ1) is 58.3. The van der Waals surface area contributed by atoms with Gasteiger partial charge in [-0.1, -0.05) is 179 Å². The Morgan fingerprint density at radius 3 is 1.06 bits per heavy atom. The number of carbonyl (C=O) groups excluding carboxylic acids is 4. The third-order valence-corrected chi connectivity index (χ3v) is 23.3. The Morgan fingerprint density at radius 1 is 0.397 bits per heavy atom. The minimum Gasteiger partial charge on any atom is -0.481 e. The van der Waals surface area contributed by atoms with Gasteiger partial charge in [-0.25, -0.2) is 23.7 Å². The lowest BCUT2D eigenvalue weighted by molar-refractivity contribution is 0.0974. The maximum atomic E-state index is 14.5. The zero-order valence-electron chi connectivity index (χ0n) is 70.9. The summed E-state index contributed by atoms with van der Waals surface area (Å²) in [6, 6.07) is 70.5. The fourth-order valence-electron chi connectivity index (χ4n) is 15.0. The third kappa shape index (κ3) is 23.9. The monoisotopic (exact) mass is 1630 g/mol. The molecule has 0 spiro atoms. The van der Waals surface area contributed by atoms with Crippen LogP contribution in [0.25, 0.3) is 44.5 Å². The molecule has 4 heterocycles. The molecule has 0 aliphatic heterocycles. The van der Waals surface area contributed by atoms with Crippen molar-refractivity contribution in [1.82, 2.24) is 19.9 Å². The van der Waals surface area contributed by atoms with E-state index in [4.69, 9.17) is 10.5 Å². The first-order valence-electron chi connectivity index (χ1n) is 41.7. The predicted molar refractivity (Wildman–Crippen MR) is 479 cm³/mol. The lowest BCUT2D eigenvalue weighted by Gasteiger charge is -2.29. The van der Waals surface area contributed by atoms with E-state index in [0.717, 1.165) is 93.2 Å². The molecule has 2 aliphatic carbocycles. The van der Waals surface area contributed by atoms with E-state index in [2.05, 4.69) is 113 Å². The standard InChI is InChI=1S/C27H30N2O2.C26H29N3O.C25H26F2N2O.C24H23F3N2O/c1-4-27(17-18-27)29(2)24-13-11-22(12-14-24)21-7-9-23(10-8-21)25(30)15-5-20-6-16-26(31-3)28-19-20;1-3-26(16-17-26)29(2)23-12-10-21(11-13-23)20-6-8-22(9-7-20)24(30)14-4-19-5-15-25(27)28-18-19;1-4-15-29(3)23-12-9-21(16-22(23)26)19-5-7-20(8-6-19)24(30)13-10-18-11-14-25(27)28-17(18)2;1-3-14-29(2)21-11-8-19(15-20(21)25)16-4-6-17(7-5-16)22(30)12-9-18-10-13-23(26)28-24(18)27/h6-14,16,19H,4-5,15,17-18H2,1-3H3;5-13,15,18H,3-4,14,16-17H2,1-2H3,(H2,27,28);5-9,11-12,14,16H,4,10,13,15H2,1-3H3;4-8,10-11,13,15H,3,9,12,14H2,1-2H3. The van der Waals surface area contributed by atoms with Crippen molar-refractivity contribution in [2.24, 2.45) is 0 Å². The van der Waals surface area contributed by atoms with Crippen LogP contribution >= 0.6 is 0 Å². The summed E-state index contributed by atoms with van der Waals surface area (Å²) in [7, 11) is 9.74. The van der Waals surface area contributed by atoms with Crippen molar-refractivity contribution in [2.45, 2.75) is 148 Å². The Kier molecular flexibility index (Phi) is 30.9. The maximum Gasteiger partial charge on any atom is 0.218 e. The smallest absolute Gasteiger partial charge is 0.218 e. The van der Waals surface area contributed by atoms with Gasteiger partial charge in [0.25, 0.3) is 0 Å². The van der Waals surface area contributed by atoms with Crippen LogP contribution in [0.2, 0.25) is 0 Å². The molecule has 0 radical (unpaired) electrons. The van der Waals surface area contributed by atoms with Gasteiger partial charge in [-0.15, -0.1) is 0 Å². The summed E-state index contributed by atoms with van der Waals surface area (Å²) in [5.74, 6) is -1.63. The van der Waals surface area contributed by atoms with E-state index in [9.17, 15) is 41.1 Å². The summed E-state index contributed by atoms with van der Waals surface area (Å²) in [6.45, 7) is 11.9. The molecule has 0 bridgehead atoms. The average Bonchev–Trinajstić information content (AvgIpc) is 1.63. The fraction of sp³-hybridized carbons (Fsp3) is 0.294. The normalized spacial score (nSPS) is 12.6. The van der Waals surface area contributed by atoms with E-state index in [1.165, 1.54) is 85.3 Å². The van der Waals surface area contributed by atoms with Crippen LogP contribution in [-0.4, -0.2) is 103 Å². The van der Waals surface area contributed by atoms with Gasteiger partial charge in [0.1, 0.15) is 17.5 Å². The number of hydrogen-bond donors (Lipinski definition) is 1. The zero-order valence-corrected chi connectivity index (χ0v) is 70.9. The Balaban J connectivity index is 0.000000158. The average molecular weight is 1640 g/mol. The van der Waals surface area contributed by atoms with Gasteiger partial charge in [-0.3, -0.25) is 19.2 Å². The van der Waals surface area contributed by atoms with Crippen molar-refractivity contribution in [3.05, 3.63) is 323 Å². The molecule has 626 valence electrons. The largest absolute Gasteiger partial charge is 0.481 e. The molecule has 19 heteroatoms. The Hall–Kier alpha value is -12.5. The summed E-state index contributed by atoms with van der Waals surface area (Å²) >= 11 is 0. The molecule has 0 unspecified atom stereocenters. The van der Waals surface area contributed by atoms with Gasteiger partial charge in [0, 0.05) is 141 Å². The number of hydrogen-bond acceptors (Lipinski definition) is 14. The molecule has 2 fully saturated rings. The minimum absolute atomic E-state index is 0.00740. The lowest BCUT2D eigenvalue weighted by Crippen LogP contribution is -2.32. The number of carbonyl (C=O) groups is 4. The molecule has 4 aromatic heterocycles. The van der Waals surface area contributed by atoms with Crippen molar-refractivity contribution < 1.29 is 45.9 Å². The Labute approximate surface area is 708 Å². The highest BCUT2D eigenvalue weighted by Gasteiger charge is 2.45. The molecule has 14 rings (SSSR count). The van der Waals surface area contributed by atoms with Crippen molar-refractivity contribution >= 4 is 51.7 Å². The summed E-state index contributed by atoms with van der Waals surface area (Å²) in [5.41, 5.74) is 24.0. The van der Waals surface area contributed by atoms with Crippen molar-refractivity contribution in [3.8, 4) is 50.4 Å². The highest BCUT2D eigenvalue weighted by Crippen LogP contribution is 2.47. The van der Waals surface area contributed by atoms with Crippen molar-refractivity contribution in [1.29, 1.82) is 0 Å². The minimum atomic E-state index is -0.895. The third-order valence-electron chi connectivity index (χ3n) is 23.3. The number of pyridine rings is 4. The number of Topliss-reactive ketones (excluding diaryl/α,β-unsaturated/α-hetero) is 4. The van der Waals surface area contributed by atoms with Gasteiger partial charge in [0.2, 0.25) is 23.7 Å². The lowest BCUT2D eigenvalue weighted by atomic mass is 9.99. The second-order valence-corrected chi connectivity index (χ2v) is 31.3. The van der Waals surface area contributed by atoms with Gasteiger partial charge in [-0.2, -0.15) is 18.2 Å². The number of methoxy groups -OCH3 is 1. The quantitative estimate of drug-likeness (QED) is 0.0234. The van der Waals surface area contributed by atoms with Crippen LogP contribution in [-0.2, 0) is 25.7 Å². The summed E-state index contributed by atoms with van der Waals surface area (Å²) in [6.07, 6.45) is 16.2. The second kappa shape index (κ2) is 41.9. The number of ketones is 4. The van der Waals surface area contributed by atoms with E-state index in [1.807, 2.05) is 122 Å². The summed E-state index contributed by atoms with van der Waals surface area (Å²) < 4.78 is 73.6. The molecule has 2 N–H and O–H groups in total. The zero-order chi connectivity index (χ0) is 86.3. The van der Waals surface area contributed by atoms with Crippen LogP contribution < -0.4 is 30.1 Å². The Morgan fingerprint density at radius 2 is 0.736 bits per heavy atom. The van der Waals surface area contributed by atoms with E-state index >= 15 is 0 Å². The Bertz CT molecular complexity index is 5290. The summed E-state index contributed by atoms with van der Waals surface area (Å²) in [4.78, 5) is 73.9. The number of aromatic nitrogens is 4. The first-order valence-corrected chi connectivity index (χ1v) is 41.7. The van der Waals surface area contributed by atoms with E-state index in [1.54, 1.807) is 87.1 Å². The van der Waals surface area contributed by atoms with Crippen molar-refractivity contribution in [3.63, 3.8) is 0 Å². The number of nitrogens with zero attached hydrogens (tertiary/aromatic N) is 8. The number of aryl methyl sites for hydroxylation is 5. The molecule has 12 aromatic rings. The molecule has 14 nitrogen and oxygen atoms in total. The van der Waals surface area contributed by atoms with E-state index < -0.39 is 17.8 Å². The number of halogens is 5. The van der Waals surface area contributed by atoms with Gasteiger partial charge in [0.05, 0.1) is 18.5 Å². The molecule has 2 aliphatic rings. The maximum absolute atomic E-state index is 14.5. The molecule has 0 amide bonds.